The summed E-state index contributed by atoms with van der Waals surface area (Å²) in [6.45, 7) is 4.49. The van der Waals surface area contributed by atoms with Crippen molar-refractivity contribution in [1.82, 2.24) is 25.1 Å². The van der Waals surface area contributed by atoms with Crippen LogP contribution in [-0.4, -0.2) is 44.6 Å². The monoisotopic (exact) mass is 432 g/mol. The van der Waals surface area contributed by atoms with Gasteiger partial charge < -0.3 is 14.6 Å². The summed E-state index contributed by atoms with van der Waals surface area (Å²) in [4.78, 5) is 25.8. The highest BCUT2D eigenvalue weighted by Crippen LogP contribution is 2.49. The highest BCUT2D eigenvalue weighted by molar-refractivity contribution is 7.22. The molecule has 0 bridgehead atoms. The standard InChI is InChI=1S/C22H20N6O2S/c1-10-15(21-27-26-11(2)30-21)16(14-9-12-6-7-24-20(23-3)19(12)31-14)17-18(25-10)13-5-4-8-28(13)22(17)29/h6-7,9,13H,4-5,8H2,1-3H3,(H,23,24). The van der Waals surface area contributed by atoms with Crippen LogP contribution < -0.4 is 5.32 Å². The van der Waals surface area contributed by atoms with Crippen LogP contribution in [0.15, 0.2) is 22.7 Å². The van der Waals surface area contributed by atoms with Crippen LogP contribution in [0.5, 0.6) is 0 Å². The highest BCUT2D eigenvalue weighted by atomic mass is 32.1. The van der Waals surface area contributed by atoms with Gasteiger partial charge in [0.1, 0.15) is 5.82 Å². The Kier molecular flexibility index (Phi) is 3.92. The van der Waals surface area contributed by atoms with Gasteiger partial charge in [-0.2, -0.15) is 0 Å². The Morgan fingerprint density at radius 3 is 2.87 bits per heavy atom. The molecule has 4 aromatic heterocycles. The van der Waals surface area contributed by atoms with Crippen molar-refractivity contribution in [3.8, 4) is 21.9 Å². The molecule has 0 radical (unpaired) electrons. The molecule has 1 N–H and O–H groups in total. The SMILES string of the molecule is CNc1nccc2cc(-c3c4c(nc(C)c3-c3nnc(C)o3)C3CCCN3C4=O)sc12. The molecule has 1 atom stereocenters. The van der Waals surface area contributed by atoms with E-state index in [0.717, 1.165) is 62.7 Å². The lowest BCUT2D eigenvalue weighted by molar-refractivity contribution is 0.0776. The molecule has 6 rings (SSSR count). The van der Waals surface area contributed by atoms with Crippen molar-refractivity contribution in [3.63, 3.8) is 0 Å². The van der Waals surface area contributed by atoms with Gasteiger partial charge in [0.15, 0.2) is 0 Å². The lowest BCUT2D eigenvalue weighted by Gasteiger charge is -2.14. The van der Waals surface area contributed by atoms with E-state index in [9.17, 15) is 4.79 Å². The van der Waals surface area contributed by atoms with Crippen LogP contribution in [-0.2, 0) is 0 Å². The third-order valence-corrected chi connectivity index (χ3v) is 7.28. The zero-order valence-electron chi connectivity index (χ0n) is 17.4. The van der Waals surface area contributed by atoms with Crippen LogP contribution in [0.3, 0.4) is 0 Å². The predicted octanol–water partition coefficient (Wildman–Crippen LogP) is 4.36. The second-order valence-electron chi connectivity index (χ2n) is 7.93. The number of fused-ring (bicyclic) bond motifs is 4. The molecule has 0 aromatic carbocycles. The summed E-state index contributed by atoms with van der Waals surface area (Å²) in [7, 11) is 1.86. The van der Waals surface area contributed by atoms with Crippen molar-refractivity contribution < 1.29 is 9.21 Å². The number of thiophene rings is 1. The zero-order valence-corrected chi connectivity index (χ0v) is 18.2. The molecule has 4 aromatic rings. The fourth-order valence-electron chi connectivity index (χ4n) is 4.79. The fourth-order valence-corrected chi connectivity index (χ4v) is 6.00. The van der Waals surface area contributed by atoms with Gasteiger partial charge in [0, 0.05) is 37.2 Å². The third-order valence-electron chi connectivity index (χ3n) is 6.11. The molecule has 1 amide bonds. The molecule has 6 heterocycles. The van der Waals surface area contributed by atoms with E-state index in [2.05, 4.69) is 26.6 Å². The lowest BCUT2D eigenvalue weighted by atomic mass is 9.95. The second-order valence-corrected chi connectivity index (χ2v) is 8.98. The maximum atomic E-state index is 13.5. The maximum absolute atomic E-state index is 13.5. The number of aromatic nitrogens is 4. The number of carbonyl (C=O) groups excluding carboxylic acids is 1. The Bertz CT molecular complexity index is 1370. The molecular formula is C22H20N6O2S. The smallest absolute Gasteiger partial charge is 0.257 e. The molecule has 0 aliphatic carbocycles. The van der Waals surface area contributed by atoms with Gasteiger partial charge in [0.05, 0.1) is 33.3 Å². The number of hydrogen-bond acceptors (Lipinski definition) is 8. The number of amides is 1. The topological polar surface area (TPSA) is 97.0 Å². The molecule has 0 spiro atoms. The van der Waals surface area contributed by atoms with E-state index in [1.165, 1.54) is 0 Å². The molecule has 0 saturated carbocycles. The third kappa shape index (κ3) is 2.56. The summed E-state index contributed by atoms with van der Waals surface area (Å²) >= 11 is 1.61. The number of hydrogen-bond donors (Lipinski definition) is 1. The van der Waals surface area contributed by atoms with Crippen LogP contribution in [0, 0.1) is 13.8 Å². The van der Waals surface area contributed by atoms with Gasteiger partial charge in [0.2, 0.25) is 11.8 Å². The number of aryl methyl sites for hydroxylation is 2. The summed E-state index contributed by atoms with van der Waals surface area (Å²) in [5.74, 6) is 1.73. The van der Waals surface area contributed by atoms with Gasteiger partial charge in [-0.1, -0.05) is 0 Å². The molecular weight excluding hydrogens is 412 g/mol. The number of anilines is 1. The molecule has 1 fully saturated rings. The quantitative estimate of drug-likeness (QED) is 0.514. The largest absolute Gasteiger partial charge is 0.421 e. The molecule has 1 saturated heterocycles. The van der Waals surface area contributed by atoms with Gasteiger partial charge in [-0.3, -0.25) is 9.78 Å². The van der Waals surface area contributed by atoms with Crippen molar-refractivity contribution in [2.75, 3.05) is 18.9 Å². The van der Waals surface area contributed by atoms with Crippen molar-refractivity contribution in [1.29, 1.82) is 0 Å². The first-order chi connectivity index (χ1) is 15.1. The minimum absolute atomic E-state index is 0.0434. The summed E-state index contributed by atoms with van der Waals surface area (Å²) in [6, 6.07) is 4.16. The first kappa shape index (κ1) is 18.4. The van der Waals surface area contributed by atoms with Crippen LogP contribution in [0.4, 0.5) is 5.82 Å². The summed E-state index contributed by atoms with van der Waals surface area (Å²) in [6.07, 6.45) is 3.75. The van der Waals surface area contributed by atoms with Gasteiger partial charge in [-0.05, 0) is 37.3 Å². The summed E-state index contributed by atoms with van der Waals surface area (Å²) in [5, 5.41) is 12.5. The first-order valence-electron chi connectivity index (χ1n) is 10.3. The molecule has 8 nitrogen and oxygen atoms in total. The van der Waals surface area contributed by atoms with E-state index in [1.807, 2.05) is 24.9 Å². The lowest BCUT2D eigenvalue weighted by Crippen LogP contribution is -2.22. The molecule has 2 aliphatic heterocycles. The molecule has 1 unspecified atom stereocenters. The number of nitrogens with one attached hydrogen (secondary N) is 1. The average Bonchev–Trinajstić information content (AvgIpc) is 3.53. The van der Waals surface area contributed by atoms with Crippen LogP contribution in [0.2, 0.25) is 0 Å². The molecule has 9 heteroatoms. The minimum atomic E-state index is 0.0434. The molecule has 31 heavy (non-hydrogen) atoms. The van der Waals surface area contributed by atoms with Gasteiger partial charge in [0.25, 0.3) is 5.91 Å². The minimum Gasteiger partial charge on any atom is -0.421 e. The second kappa shape index (κ2) is 6.58. The molecule has 156 valence electrons. The van der Waals surface area contributed by atoms with E-state index < -0.39 is 0 Å². The Labute approximate surface area is 182 Å². The van der Waals surface area contributed by atoms with Crippen LogP contribution in [0.1, 0.15) is 46.5 Å². The normalized spacial score (nSPS) is 17.5. The summed E-state index contributed by atoms with van der Waals surface area (Å²) < 4.78 is 6.86. The zero-order chi connectivity index (χ0) is 21.3. The van der Waals surface area contributed by atoms with Crippen molar-refractivity contribution in [3.05, 3.63) is 41.2 Å². The predicted molar refractivity (Wildman–Crippen MR) is 118 cm³/mol. The number of rotatable bonds is 3. The average molecular weight is 433 g/mol. The maximum Gasteiger partial charge on any atom is 0.257 e. The fraction of sp³-hybridized carbons (Fsp3) is 0.318. The van der Waals surface area contributed by atoms with Crippen molar-refractivity contribution in [2.24, 2.45) is 0 Å². The van der Waals surface area contributed by atoms with Crippen LogP contribution >= 0.6 is 11.3 Å². The Morgan fingerprint density at radius 2 is 2.10 bits per heavy atom. The summed E-state index contributed by atoms with van der Waals surface area (Å²) in [5.41, 5.74) is 3.92. The Balaban J connectivity index is 1.70. The Morgan fingerprint density at radius 1 is 1.23 bits per heavy atom. The Hall–Kier alpha value is -3.33. The van der Waals surface area contributed by atoms with E-state index in [1.54, 1.807) is 24.5 Å². The number of carbonyl (C=O) groups is 1. The highest BCUT2D eigenvalue weighted by Gasteiger charge is 2.44. The van der Waals surface area contributed by atoms with Gasteiger partial charge >= 0.3 is 0 Å². The first-order valence-corrected chi connectivity index (χ1v) is 11.1. The van der Waals surface area contributed by atoms with Gasteiger partial charge in [-0.25, -0.2) is 4.98 Å². The van der Waals surface area contributed by atoms with Crippen molar-refractivity contribution >= 4 is 33.1 Å². The van der Waals surface area contributed by atoms with Crippen LogP contribution in [0.25, 0.3) is 32.0 Å². The van der Waals surface area contributed by atoms with Crippen molar-refractivity contribution in [2.45, 2.75) is 32.7 Å². The van der Waals surface area contributed by atoms with E-state index >= 15 is 0 Å². The van der Waals surface area contributed by atoms with E-state index in [-0.39, 0.29) is 11.9 Å². The molecule has 2 aliphatic rings. The van der Waals surface area contributed by atoms with E-state index in [4.69, 9.17) is 9.40 Å². The van der Waals surface area contributed by atoms with E-state index in [0.29, 0.717) is 17.3 Å². The van der Waals surface area contributed by atoms with Gasteiger partial charge in [-0.15, -0.1) is 21.5 Å². The number of nitrogens with zero attached hydrogens (tertiary/aromatic N) is 5. The number of pyridine rings is 2.